The number of β-amino-alcohol motifs (C(OH)–C–C–N with tert-alkyl or cyclic N) is 1. The number of benzene rings is 1. The fraction of sp³-hybridized carbons (Fsp3) is 0.684. The van der Waals surface area contributed by atoms with Gasteiger partial charge in [0.15, 0.2) is 0 Å². The lowest BCUT2D eigenvalue weighted by Crippen LogP contribution is -2.60. The monoisotopic (exact) mass is 302 g/mol. The largest absolute Gasteiger partial charge is 0.388 e. The molecule has 0 aromatic heterocycles. The van der Waals surface area contributed by atoms with E-state index < -0.39 is 5.60 Å². The van der Waals surface area contributed by atoms with Crippen LogP contribution in [0, 0.1) is 11.3 Å². The van der Waals surface area contributed by atoms with Gasteiger partial charge >= 0.3 is 0 Å². The van der Waals surface area contributed by atoms with Crippen molar-refractivity contribution in [1.29, 1.82) is 0 Å². The Labute approximate surface area is 134 Å². The average Bonchev–Trinajstić information content (AvgIpc) is 2.90. The van der Waals surface area contributed by atoms with E-state index in [0.717, 1.165) is 45.1 Å². The fourth-order valence-electron chi connectivity index (χ4n) is 4.03. The van der Waals surface area contributed by atoms with Crippen LogP contribution >= 0.6 is 0 Å². The van der Waals surface area contributed by atoms with E-state index in [1.165, 1.54) is 18.4 Å². The molecule has 3 rings (SSSR count). The van der Waals surface area contributed by atoms with Gasteiger partial charge in [-0.3, -0.25) is 0 Å². The average molecular weight is 302 g/mol. The summed E-state index contributed by atoms with van der Waals surface area (Å²) < 4.78 is 0. The van der Waals surface area contributed by atoms with Gasteiger partial charge in [-0.2, -0.15) is 0 Å². The number of hydrogen-bond acceptors (Lipinski definition) is 3. The number of hydrogen-bond donors (Lipinski definition) is 2. The van der Waals surface area contributed by atoms with Gasteiger partial charge in [-0.1, -0.05) is 44.2 Å². The molecule has 0 radical (unpaired) electrons. The van der Waals surface area contributed by atoms with E-state index in [2.05, 4.69) is 54.4 Å². The molecule has 2 aliphatic heterocycles. The molecule has 0 bridgehead atoms. The second-order valence-corrected chi connectivity index (χ2v) is 7.92. The van der Waals surface area contributed by atoms with Gasteiger partial charge in [-0.05, 0) is 43.8 Å². The molecule has 2 saturated heterocycles. The number of rotatable bonds is 4. The summed E-state index contributed by atoms with van der Waals surface area (Å²) in [6.45, 7) is 9.30. The maximum absolute atomic E-state index is 11.2. The summed E-state index contributed by atoms with van der Waals surface area (Å²) in [4.78, 5) is 2.49. The Bertz CT molecular complexity index is 487. The Balaban J connectivity index is 1.56. The van der Waals surface area contributed by atoms with Crippen molar-refractivity contribution in [2.45, 2.75) is 38.7 Å². The lowest BCUT2D eigenvalue weighted by Gasteiger charge is -2.48. The van der Waals surface area contributed by atoms with Crippen molar-refractivity contribution in [3.63, 3.8) is 0 Å². The molecule has 3 heteroatoms. The van der Waals surface area contributed by atoms with Crippen LogP contribution in [0.1, 0.15) is 32.3 Å². The molecule has 2 fully saturated rings. The van der Waals surface area contributed by atoms with Crippen LogP contribution in [0.15, 0.2) is 30.3 Å². The van der Waals surface area contributed by atoms with Gasteiger partial charge in [-0.25, -0.2) is 0 Å². The number of nitrogens with zero attached hydrogens (tertiary/aromatic N) is 1. The van der Waals surface area contributed by atoms with Gasteiger partial charge < -0.3 is 15.3 Å². The van der Waals surface area contributed by atoms with Crippen molar-refractivity contribution >= 4 is 0 Å². The highest BCUT2D eigenvalue weighted by molar-refractivity contribution is 5.15. The Hall–Kier alpha value is -0.900. The number of piperidine rings is 1. The molecule has 122 valence electrons. The van der Waals surface area contributed by atoms with E-state index in [1.807, 2.05) is 0 Å². The normalized spacial score (nSPS) is 32.2. The van der Waals surface area contributed by atoms with E-state index >= 15 is 0 Å². The number of nitrogens with one attached hydrogen (secondary N) is 1. The van der Waals surface area contributed by atoms with Crippen LogP contribution < -0.4 is 5.32 Å². The molecular weight excluding hydrogens is 272 g/mol. The van der Waals surface area contributed by atoms with Gasteiger partial charge in [-0.15, -0.1) is 0 Å². The summed E-state index contributed by atoms with van der Waals surface area (Å²) in [5.74, 6) is 0.732. The van der Waals surface area contributed by atoms with E-state index in [0.29, 0.717) is 0 Å². The van der Waals surface area contributed by atoms with Crippen molar-refractivity contribution in [1.82, 2.24) is 10.2 Å². The Kier molecular flexibility index (Phi) is 4.58. The zero-order valence-corrected chi connectivity index (χ0v) is 14.0. The van der Waals surface area contributed by atoms with Crippen LogP contribution in [0.3, 0.4) is 0 Å². The summed E-state index contributed by atoms with van der Waals surface area (Å²) >= 11 is 0. The molecule has 0 aliphatic carbocycles. The molecule has 0 amide bonds. The van der Waals surface area contributed by atoms with Gasteiger partial charge in [0.05, 0.1) is 5.60 Å². The third-order valence-corrected chi connectivity index (χ3v) is 5.76. The quantitative estimate of drug-likeness (QED) is 0.896. The lowest BCUT2D eigenvalue weighted by molar-refractivity contribution is -0.104. The summed E-state index contributed by atoms with van der Waals surface area (Å²) in [6, 6.07) is 10.8. The predicted octanol–water partition coefficient (Wildman–Crippen LogP) is 2.30. The van der Waals surface area contributed by atoms with E-state index in [4.69, 9.17) is 0 Å². The highest BCUT2D eigenvalue weighted by Gasteiger charge is 2.46. The molecule has 22 heavy (non-hydrogen) atoms. The molecule has 2 N–H and O–H groups in total. The predicted molar refractivity (Wildman–Crippen MR) is 90.9 cm³/mol. The zero-order valence-electron chi connectivity index (χ0n) is 14.0. The second-order valence-electron chi connectivity index (χ2n) is 7.92. The first-order valence-electron chi connectivity index (χ1n) is 8.68. The summed E-state index contributed by atoms with van der Waals surface area (Å²) in [6.07, 6.45) is 3.28. The van der Waals surface area contributed by atoms with Gasteiger partial charge in [0.2, 0.25) is 0 Å². The molecular formula is C19H30N2O. The molecule has 2 heterocycles. The summed E-state index contributed by atoms with van der Waals surface area (Å²) in [5, 5.41) is 14.6. The first-order valence-corrected chi connectivity index (χ1v) is 8.68. The molecule has 0 saturated carbocycles. The standard InChI is InChI=1S/C19H30N2O/c1-18(2)14-20-10-9-19(18,22)15-21-11-8-17(13-21)12-16-6-4-3-5-7-16/h3-7,17,20,22H,8-15H2,1-2H3. The van der Waals surface area contributed by atoms with Crippen LogP contribution in [0.5, 0.6) is 0 Å². The molecule has 2 atom stereocenters. The first kappa shape index (κ1) is 16.0. The fourth-order valence-corrected chi connectivity index (χ4v) is 4.03. The topological polar surface area (TPSA) is 35.5 Å². The minimum Gasteiger partial charge on any atom is -0.388 e. The van der Waals surface area contributed by atoms with Crippen molar-refractivity contribution < 1.29 is 5.11 Å². The number of likely N-dealkylation sites (tertiary alicyclic amines) is 1. The van der Waals surface area contributed by atoms with Gasteiger partial charge in [0.25, 0.3) is 0 Å². The zero-order chi connectivity index (χ0) is 15.6. The Morgan fingerprint density at radius 1 is 1.27 bits per heavy atom. The van der Waals surface area contributed by atoms with Crippen LogP contribution in [-0.4, -0.2) is 48.3 Å². The van der Waals surface area contributed by atoms with Crippen molar-refractivity contribution in [2.75, 3.05) is 32.7 Å². The van der Waals surface area contributed by atoms with Gasteiger partial charge in [0.1, 0.15) is 0 Å². The van der Waals surface area contributed by atoms with Crippen LogP contribution in [0.25, 0.3) is 0 Å². The summed E-state index contributed by atoms with van der Waals surface area (Å²) in [5.41, 5.74) is 0.832. The molecule has 2 aliphatic rings. The highest BCUT2D eigenvalue weighted by atomic mass is 16.3. The second kappa shape index (κ2) is 6.31. The molecule has 1 aromatic carbocycles. The maximum atomic E-state index is 11.2. The Morgan fingerprint density at radius 2 is 2.05 bits per heavy atom. The number of aliphatic hydroxyl groups is 1. The maximum Gasteiger partial charge on any atom is 0.0848 e. The van der Waals surface area contributed by atoms with E-state index in [9.17, 15) is 5.11 Å². The van der Waals surface area contributed by atoms with Crippen LogP contribution in [0.2, 0.25) is 0 Å². The third kappa shape index (κ3) is 3.37. The minimum absolute atomic E-state index is 0.0528. The van der Waals surface area contributed by atoms with Gasteiger partial charge in [0, 0.05) is 25.0 Å². The lowest BCUT2D eigenvalue weighted by atomic mass is 9.70. The molecule has 0 spiro atoms. The van der Waals surface area contributed by atoms with Crippen molar-refractivity contribution in [3.05, 3.63) is 35.9 Å². The third-order valence-electron chi connectivity index (χ3n) is 5.76. The van der Waals surface area contributed by atoms with E-state index in [1.54, 1.807) is 0 Å². The first-order chi connectivity index (χ1) is 10.5. The SMILES string of the molecule is CC1(C)CNCCC1(O)CN1CCC(Cc2ccccc2)C1. The molecule has 3 nitrogen and oxygen atoms in total. The molecule has 2 unspecified atom stereocenters. The van der Waals surface area contributed by atoms with Crippen LogP contribution in [-0.2, 0) is 6.42 Å². The van der Waals surface area contributed by atoms with Crippen molar-refractivity contribution in [2.24, 2.45) is 11.3 Å². The van der Waals surface area contributed by atoms with Crippen molar-refractivity contribution in [3.8, 4) is 0 Å². The highest BCUT2D eigenvalue weighted by Crippen LogP contribution is 2.37. The van der Waals surface area contributed by atoms with Crippen LogP contribution in [0.4, 0.5) is 0 Å². The molecule has 1 aromatic rings. The smallest absolute Gasteiger partial charge is 0.0848 e. The minimum atomic E-state index is -0.556. The van der Waals surface area contributed by atoms with E-state index in [-0.39, 0.29) is 5.41 Å². The Morgan fingerprint density at radius 3 is 2.77 bits per heavy atom. The summed E-state index contributed by atoms with van der Waals surface area (Å²) in [7, 11) is 0.